The van der Waals surface area contributed by atoms with Gasteiger partial charge in [-0.25, -0.2) is 4.39 Å². The Hall–Kier alpha value is -1.90. The molecule has 0 saturated carbocycles. The fourth-order valence-corrected chi connectivity index (χ4v) is 2.29. The normalized spacial score (nSPS) is 24.3. The number of ether oxygens (including phenoxy) is 1. The summed E-state index contributed by atoms with van der Waals surface area (Å²) >= 11 is 0. The lowest BCUT2D eigenvalue weighted by molar-refractivity contribution is 0.0727. The molecule has 1 aromatic rings. The number of carbonyl (C=O) groups is 1. The fourth-order valence-electron chi connectivity index (χ4n) is 2.29. The zero-order valence-electron chi connectivity index (χ0n) is 12.2. The smallest absolute Gasteiger partial charge is 0.253 e. The van der Waals surface area contributed by atoms with Gasteiger partial charge in [-0.2, -0.15) is 0 Å². The number of benzene rings is 1. The Kier molecular flexibility index (Phi) is 4.61. The van der Waals surface area contributed by atoms with Gasteiger partial charge in [0.25, 0.3) is 5.91 Å². The lowest BCUT2D eigenvalue weighted by Crippen LogP contribution is -2.50. The molecule has 112 valence electrons. The molecule has 1 amide bonds. The first-order valence-electron chi connectivity index (χ1n) is 6.89. The Morgan fingerprint density at radius 3 is 3.00 bits per heavy atom. The van der Waals surface area contributed by atoms with Crippen LogP contribution in [0.4, 0.5) is 4.39 Å². The molecule has 21 heavy (non-hydrogen) atoms. The van der Waals surface area contributed by atoms with Crippen LogP contribution in [0.25, 0.3) is 0 Å². The molecule has 0 aromatic heterocycles. The third kappa shape index (κ3) is 3.41. The van der Waals surface area contributed by atoms with Gasteiger partial charge in [-0.15, -0.1) is 0 Å². The highest BCUT2D eigenvalue weighted by molar-refractivity contribution is 5.97. The minimum atomic E-state index is -0.434. The van der Waals surface area contributed by atoms with Gasteiger partial charge < -0.3 is 15.8 Å². The van der Waals surface area contributed by atoms with Gasteiger partial charge in [-0.1, -0.05) is 11.8 Å². The van der Waals surface area contributed by atoms with E-state index in [1.807, 2.05) is 13.8 Å². The maximum atomic E-state index is 13.3. The number of hydrogen-bond donors (Lipinski definition) is 2. The van der Waals surface area contributed by atoms with E-state index in [1.54, 1.807) is 0 Å². The summed E-state index contributed by atoms with van der Waals surface area (Å²) in [5.41, 5.74) is 5.59. The summed E-state index contributed by atoms with van der Waals surface area (Å²) in [5.74, 6) is 4.67. The van der Waals surface area contributed by atoms with Gasteiger partial charge in [0.2, 0.25) is 0 Å². The Morgan fingerprint density at radius 2 is 2.38 bits per heavy atom. The molecular formula is C16H19FN2O2. The molecule has 0 aliphatic carbocycles. The summed E-state index contributed by atoms with van der Waals surface area (Å²) in [6.45, 7) is 4.63. The molecule has 0 spiro atoms. The summed E-state index contributed by atoms with van der Waals surface area (Å²) in [7, 11) is 0. The highest BCUT2D eigenvalue weighted by Gasteiger charge is 2.38. The van der Waals surface area contributed by atoms with Crippen LogP contribution in [-0.4, -0.2) is 30.7 Å². The minimum absolute atomic E-state index is 0.0690. The van der Waals surface area contributed by atoms with E-state index >= 15 is 0 Å². The highest BCUT2D eigenvalue weighted by atomic mass is 19.1. The summed E-state index contributed by atoms with van der Waals surface area (Å²) in [5, 5.41) is 2.97. The topological polar surface area (TPSA) is 64.3 Å². The van der Waals surface area contributed by atoms with Gasteiger partial charge in [-0.05, 0) is 38.5 Å². The number of amides is 1. The number of nitrogens with one attached hydrogen (secondary N) is 1. The van der Waals surface area contributed by atoms with E-state index in [1.165, 1.54) is 18.2 Å². The molecule has 0 bridgehead atoms. The van der Waals surface area contributed by atoms with Crippen molar-refractivity contribution in [2.24, 2.45) is 5.73 Å². The summed E-state index contributed by atoms with van der Waals surface area (Å²) in [4.78, 5) is 12.5. The molecule has 2 atom stereocenters. The van der Waals surface area contributed by atoms with E-state index in [-0.39, 0.29) is 18.6 Å². The van der Waals surface area contributed by atoms with Gasteiger partial charge in [0.15, 0.2) is 0 Å². The lowest BCUT2D eigenvalue weighted by Gasteiger charge is -2.29. The van der Waals surface area contributed by atoms with E-state index in [0.29, 0.717) is 17.7 Å². The maximum absolute atomic E-state index is 13.3. The Morgan fingerprint density at radius 1 is 1.62 bits per heavy atom. The lowest BCUT2D eigenvalue weighted by atomic mass is 9.93. The second-order valence-electron chi connectivity index (χ2n) is 5.33. The molecule has 2 unspecified atom stereocenters. The Labute approximate surface area is 123 Å². The largest absolute Gasteiger partial charge is 0.376 e. The van der Waals surface area contributed by atoms with E-state index in [4.69, 9.17) is 10.5 Å². The number of rotatable bonds is 2. The van der Waals surface area contributed by atoms with Crippen molar-refractivity contribution in [3.05, 3.63) is 35.1 Å². The van der Waals surface area contributed by atoms with Crippen molar-refractivity contribution in [3.8, 4) is 11.8 Å². The Balaban J connectivity index is 2.27. The quantitative estimate of drug-likeness (QED) is 0.810. The van der Waals surface area contributed by atoms with Crippen LogP contribution < -0.4 is 11.1 Å². The van der Waals surface area contributed by atoms with Crippen LogP contribution in [0.2, 0.25) is 0 Å². The second kappa shape index (κ2) is 6.25. The molecule has 1 saturated heterocycles. The van der Waals surface area contributed by atoms with Gasteiger partial charge in [-0.3, -0.25) is 4.79 Å². The van der Waals surface area contributed by atoms with Crippen LogP contribution in [0.1, 0.15) is 36.2 Å². The molecule has 1 aromatic carbocycles. The summed E-state index contributed by atoms with van der Waals surface area (Å²) in [6, 6.07) is 3.93. The molecule has 2 rings (SSSR count). The van der Waals surface area contributed by atoms with E-state index < -0.39 is 11.4 Å². The first kappa shape index (κ1) is 15.5. The van der Waals surface area contributed by atoms with Crippen molar-refractivity contribution in [2.75, 3.05) is 13.2 Å². The molecule has 3 N–H and O–H groups in total. The fraction of sp³-hybridized carbons (Fsp3) is 0.438. The van der Waals surface area contributed by atoms with Crippen LogP contribution in [0, 0.1) is 17.7 Å². The van der Waals surface area contributed by atoms with Crippen molar-refractivity contribution in [1.82, 2.24) is 5.32 Å². The van der Waals surface area contributed by atoms with E-state index in [2.05, 4.69) is 17.2 Å². The van der Waals surface area contributed by atoms with E-state index in [0.717, 1.165) is 6.42 Å². The van der Waals surface area contributed by atoms with E-state index in [9.17, 15) is 9.18 Å². The highest BCUT2D eigenvalue weighted by Crippen LogP contribution is 2.25. The van der Waals surface area contributed by atoms with Crippen molar-refractivity contribution in [1.29, 1.82) is 0 Å². The van der Waals surface area contributed by atoms with Gasteiger partial charge in [0.05, 0.1) is 23.8 Å². The summed E-state index contributed by atoms with van der Waals surface area (Å²) < 4.78 is 18.8. The first-order valence-corrected chi connectivity index (χ1v) is 6.89. The van der Waals surface area contributed by atoms with Crippen molar-refractivity contribution >= 4 is 5.91 Å². The zero-order chi connectivity index (χ0) is 15.5. The number of nitrogens with two attached hydrogens (primary N) is 1. The number of hydrogen-bond acceptors (Lipinski definition) is 3. The van der Waals surface area contributed by atoms with Gasteiger partial charge >= 0.3 is 0 Å². The second-order valence-corrected chi connectivity index (χ2v) is 5.33. The minimum Gasteiger partial charge on any atom is -0.376 e. The van der Waals surface area contributed by atoms with Crippen molar-refractivity contribution in [3.63, 3.8) is 0 Å². The molecule has 1 aliphatic rings. The Bertz CT molecular complexity index is 606. The van der Waals surface area contributed by atoms with Crippen LogP contribution in [0.15, 0.2) is 18.2 Å². The third-order valence-electron chi connectivity index (χ3n) is 3.84. The third-order valence-corrected chi connectivity index (χ3v) is 3.84. The number of carbonyl (C=O) groups excluding carboxylic acids is 1. The van der Waals surface area contributed by atoms with Gasteiger partial charge in [0, 0.05) is 12.2 Å². The standard InChI is InChI=1S/C16H19FN2O2/c1-11-16(2,7-9-21-11)19-15(20)14-6-5-13(17)10-12(14)4-3-8-18/h5-6,10-11H,7-9,18H2,1-2H3,(H,19,20). The molecule has 4 nitrogen and oxygen atoms in total. The van der Waals surface area contributed by atoms with Crippen LogP contribution in [0.5, 0.6) is 0 Å². The molecule has 1 heterocycles. The molecule has 1 fully saturated rings. The predicted octanol–water partition coefficient (Wildman–Crippen LogP) is 1.43. The predicted molar refractivity (Wildman–Crippen MR) is 78.2 cm³/mol. The molecule has 1 aliphatic heterocycles. The van der Waals surface area contributed by atoms with Crippen LogP contribution in [0.3, 0.4) is 0 Å². The molecule has 5 heteroatoms. The number of halogens is 1. The van der Waals surface area contributed by atoms with Crippen LogP contribution in [-0.2, 0) is 4.74 Å². The first-order chi connectivity index (χ1) is 9.96. The van der Waals surface area contributed by atoms with Crippen LogP contribution >= 0.6 is 0 Å². The molecule has 0 radical (unpaired) electrons. The van der Waals surface area contributed by atoms with Crippen molar-refractivity contribution < 1.29 is 13.9 Å². The summed E-state index contributed by atoms with van der Waals surface area (Å²) in [6.07, 6.45) is 0.672. The zero-order valence-corrected chi connectivity index (χ0v) is 12.2. The maximum Gasteiger partial charge on any atom is 0.253 e. The van der Waals surface area contributed by atoms with Gasteiger partial charge in [0.1, 0.15) is 5.82 Å². The average Bonchev–Trinajstić information content (AvgIpc) is 2.76. The average molecular weight is 290 g/mol. The van der Waals surface area contributed by atoms with Crippen molar-refractivity contribution in [2.45, 2.75) is 31.9 Å². The monoisotopic (exact) mass is 290 g/mol. The SMILES string of the molecule is CC1OCCC1(C)NC(=O)c1ccc(F)cc1C#CCN. The molecular weight excluding hydrogens is 271 g/mol.